The predicted molar refractivity (Wildman–Crippen MR) is 71.0 cm³/mol. The fourth-order valence-electron chi connectivity index (χ4n) is 1.69. The molecule has 2 nitrogen and oxygen atoms in total. The Bertz CT molecular complexity index is 497. The first kappa shape index (κ1) is 12.1. The number of aromatic nitrogens is 1. The van der Waals surface area contributed by atoms with E-state index < -0.39 is 0 Å². The second-order valence-electron chi connectivity index (χ2n) is 4.04. The van der Waals surface area contributed by atoms with Crippen LogP contribution in [0.3, 0.4) is 0 Å². The summed E-state index contributed by atoms with van der Waals surface area (Å²) in [6.07, 6.45) is 3.71. The maximum Gasteiger partial charge on any atom is 0.0409 e. The average molecular weight is 247 g/mol. The van der Waals surface area contributed by atoms with Crippen molar-refractivity contribution in [3.63, 3.8) is 0 Å². The van der Waals surface area contributed by atoms with Crippen LogP contribution in [0.2, 0.25) is 5.02 Å². The van der Waals surface area contributed by atoms with Gasteiger partial charge in [0.05, 0.1) is 0 Å². The molecule has 2 aromatic rings. The minimum atomic E-state index is 0.782. The van der Waals surface area contributed by atoms with Gasteiger partial charge in [-0.05, 0) is 41.8 Å². The third-order valence-corrected chi connectivity index (χ3v) is 2.91. The molecule has 17 heavy (non-hydrogen) atoms. The number of hydrogen-bond donors (Lipinski definition) is 1. The molecular weight excluding hydrogens is 232 g/mol. The molecule has 1 aromatic carbocycles. The number of nitrogens with one attached hydrogen (secondary N) is 1. The van der Waals surface area contributed by atoms with Gasteiger partial charge in [0.2, 0.25) is 0 Å². The number of halogens is 1. The topological polar surface area (TPSA) is 24.9 Å². The summed E-state index contributed by atoms with van der Waals surface area (Å²) in [4.78, 5) is 4.08. The number of benzene rings is 1. The van der Waals surface area contributed by atoms with E-state index in [1.165, 1.54) is 16.7 Å². The highest BCUT2D eigenvalue weighted by molar-refractivity contribution is 6.30. The Hall–Kier alpha value is -1.38. The lowest BCUT2D eigenvalue weighted by Crippen LogP contribution is -2.13. The number of nitrogens with zero attached hydrogens (tertiary/aromatic N) is 1. The molecule has 0 unspecified atom stereocenters. The summed E-state index contributed by atoms with van der Waals surface area (Å²) in [5, 5.41) is 4.18. The minimum Gasteiger partial charge on any atom is -0.309 e. The molecule has 0 atom stereocenters. The Balaban J connectivity index is 1.90. The molecule has 0 saturated carbocycles. The van der Waals surface area contributed by atoms with Gasteiger partial charge in [-0.1, -0.05) is 23.7 Å². The molecular formula is C14H15ClN2. The van der Waals surface area contributed by atoms with Gasteiger partial charge >= 0.3 is 0 Å². The normalized spacial score (nSPS) is 10.5. The van der Waals surface area contributed by atoms with Crippen LogP contribution < -0.4 is 5.32 Å². The standard InChI is InChI=1S/C14H15ClN2/c1-11-8-16-6-5-13(11)10-17-9-12-3-2-4-14(15)7-12/h2-8,17H,9-10H2,1H3. The van der Waals surface area contributed by atoms with E-state index in [4.69, 9.17) is 11.6 Å². The summed E-state index contributed by atoms with van der Waals surface area (Å²) in [5.41, 5.74) is 3.69. The summed E-state index contributed by atoms with van der Waals surface area (Å²) >= 11 is 5.93. The molecule has 1 aromatic heterocycles. The van der Waals surface area contributed by atoms with Crippen LogP contribution in [0.4, 0.5) is 0 Å². The highest BCUT2D eigenvalue weighted by atomic mass is 35.5. The SMILES string of the molecule is Cc1cnccc1CNCc1cccc(Cl)c1. The lowest BCUT2D eigenvalue weighted by molar-refractivity contribution is 0.690. The summed E-state index contributed by atoms with van der Waals surface area (Å²) in [7, 11) is 0. The van der Waals surface area contributed by atoms with Crippen molar-refractivity contribution < 1.29 is 0 Å². The van der Waals surface area contributed by atoms with Gasteiger partial charge in [0.25, 0.3) is 0 Å². The van der Waals surface area contributed by atoms with E-state index in [9.17, 15) is 0 Å². The summed E-state index contributed by atoms with van der Waals surface area (Å²) < 4.78 is 0. The van der Waals surface area contributed by atoms with Gasteiger partial charge in [0, 0.05) is 30.5 Å². The van der Waals surface area contributed by atoms with E-state index in [0.717, 1.165) is 18.1 Å². The van der Waals surface area contributed by atoms with Crippen LogP contribution in [0.1, 0.15) is 16.7 Å². The fourth-order valence-corrected chi connectivity index (χ4v) is 1.90. The van der Waals surface area contributed by atoms with Crippen molar-refractivity contribution in [2.24, 2.45) is 0 Å². The van der Waals surface area contributed by atoms with E-state index in [2.05, 4.69) is 23.3 Å². The monoisotopic (exact) mass is 246 g/mol. The molecule has 1 N–H and O–H groups in total. The van der Waals surface area contributed by atoms with Crippen molar-refractivity contribution in [2.45, 2.75) is 20.0 Å². The van der Waals surface area contributed by atoms with Crippen molar-refractivity contribution in [3.8, 4) is 0 Å². The number of rotatable bonds is 4. The molecule has 0 aliphatic carbocycles. The second-order valence-corrected chi connectivity index (χ2v) is 4.47. The zero-order valence-corrected chi connectivity index (χ0v) is 10.5. The first-order valence-corrected chi connectivity index (χ1v) is 5.98. The van der Waals surface area contributed by atoms with Gasteiger partial charge in [-0.3, -0.25) is 4.98 Å². The molecule has 0 aliphatic rings. The molecule has 0 amide bonds. The van der Waals surface area contributed by atoms with Gasteiger partial charge in [-0.25, -0.2) is 0 Å². The van der Waals surface area contributed by atoms with E-state index in [-0.39, 0.29) is 0 Å². The number of pyridine rings is 1. The van der Waals surface area contributed by atoms with Crippen molar-refractivity contribution in [1.29, 1.82) is 0 Å². The maximum atomic E-state index is 5.93. The molecule has 0 bridgehead atoms. The fraction of sp³-hybridized carbons (Fsp3) is 0.214. The van der Waals surface area contributed by atoms with Crippen LogP contribution in [-0.2, 0) is 13.1 Å². The minimum absolute atomic E-state index is 0.782. The molecule has 0 radical (unpaired) electrons. The van der Waals surface area contributed by atoms with E-state index in [1.807, 2.05) is 36.7 Å². The van der Waals surface area contributed by atoms with Gasteiger partial charge in [0.1, 0.15) is 0 Å². The van der Waals surface area contributed by atoms with Crippen LogP contribution in [0.25, 0.3) is 0 Å². The van der Waals surface area contributed by atoms with Crippen LogP contribution >= 0.6 is 11.6 Å². The van der Waals surface area contributed by atoms with Crippen LogP contribution in [0.5, 0.6) is 0 Å². The quantitative estimate of drug-likeness (QED) is 0.895. The average Bonchev–Trinajstić information content (AvgIpc) is 2.32. The number of aryl methyl sites for hydroxylation is 1. The van der Waals surface area contributed by atoms with Crippen molar-refractivity contribution in [3.05, 3.63) is 64.4 Å². The maximum absolute atomic E-state index is 5.93. The molecule has 0 aliphatic heterocycles. The molecule has 3 heteroatoms. The van der Waals surface area contributed by atoms with E-state index in [1.54, 1.807) is 0 Å². The van der Waals surface area contributed by atoms with Crippen LogP contribution in [0, 0.1) is 6.92 Å². The van der Waals surface area contributed by atoms with Gasteiger partial charge in [0.15, 0.2) is 0 Å². The zero-order chi connectivity index (χ0) is 12.1. The Morgan fingerprint density at radius 2 is 2.12 bits per heavy atom. The van der Waals surface area contributed by atoms with E-state index >= 15 is 0 Å². The third kappa shape index (κ3) is 3.55. The van der Waals surface area contributed by atoms with Crippen LogP contribution in [0.15, 0.2) is 42.7 Å². The Kier molecular flexibility index (Phi) is 4.13. The van der Waals surface area contributed by atoms with E-state index in [0.29, 0.717) is 0 Å². The van der Waals surface area contributed by atoms with Crippen LogP contribution in [-0.4, -0.2) is 4.98 Å². The van der Waals surface area contributed by atoms with Gasteiger partial charge in [-0.15, -0.1) is 0 Å². The van der Waals surface area contributed by atoms with Gasteiger partial charge in [-0.2, -0.15) is 0 Å². The first-order chi connectivity index (χ1) is 8.25. The first-order valence-electron chi connectivity index (χ1n) is 5.60. The second kappa shape index (κ2) is 5.80. The van der Waals surface area contributed by atoms with Gasteiger partial charge < -0.3 is 5.32 Å². The Morgan fingerprint density at radius 1 is 1.24 bits per heavy atom. The van der Waals surface area contributed by atoms with Crippen molar-refractivity contribution >= 4 is 11.6 Å². The molecule has 0 spiro atoms. The molecule has 0 saturated heterocycles. The lowest BCUT2D eigenvalue weighted by Gasteiger charge is -2.07. The predicted octanol–water partition coefficient (Wildman–Crippen LogP) is 3.33. The highest BCUT2D eigenvalue weighted by Gasteiger charge is 1.98. The van der Waals surface area contributed by atoms with Crippen molar-refractivity contribution in [2.75, 3.05) is 0 Å². The number of hydrogen-bond acceptors (Lipinski definition) is 2. The third-order valence-electron chi connectivity index (χ3n) is 2.67. The lowest BCUT2D eigenvalue weighted by atomic mass is 10.1. The zero-order valence-electron chi connectivity index (χ0n) is 9.78. The summed E-state index contributed by atoms with van der Waals surface area (Å²) in [6.45, 7) is 3.74. The Morgan fingerprint density at radius 3 is 2.88 bits per heavy atom. The smallest absolute Gasteiger partial charge is 0.0409 e. The molecule has 2 rings (SSSR count). The molecule has 1 heterocycles. The largest absolute Gasteiger partial charge is 0.309 e. The molecule has 0 fully saturated rings. The summed E-state index contributed by atoms with van der Waals surface area (Å²) in [5.74, 6) is 0. The summed E-state index contributed by atoms with van der Waals surface area (Å²) in [6, 6.07) is 9.95. The highest BCUT2D eigenvalue weighted by Crippen LogP contribution is 2.11. The molecule has 88 valence electrons. The Labute approximate surface area is 107 Å². The van der Waals surface area contributed by atoms with Crippen molar-refractivity contribution in [1.82, 2.24) is 10.3 Å².